The number of aliphatic hydroxyl groups excluding tert-OH is 1. The third-order valence-corrected chi connectivity index (χ3v) is 14.7. The van der Waals surface area contributed by atoms with Gasteiger partial charge in [-0.25, -0.2) is 4.79 Å². The quantitative estimate of drug-likeness (QED) is 0.0813. The molecule has 6 aliphatic rings. The van der Waals surface area contributed by atoms with Gasteiger partial charge in [-0.3, -0.25) is 19.4 Å². The van der Waals surface area contributed by atoms with E-state index in [9.17, 15) is 24.6 Å². The number of phenols is 1. The van der Waals surface area contributed by atoms with E-state index in [1.165, 1.54) is 90.0 Å². The number of rotatable bonds is 17. The van der Waals surface area contributed by atoms with Gasteiger partial charge in [0.15, 0.2) is 23.0 Å². The number of likely N-dealkylation sites (N-methyl/N-ethyl adjacent to an activating group) is 1. The summed E-state index contributed by atoms with van der Waals surface area (Å²) >= 11 is 1.43. The Morgan fingerprint density at radius 3 is 2.22 bits per heavy atom. The molecule has 60 heavy (non-hydrogen) atoms. The lowest BCUT2D eigenvalue weighted by Gasteiger charge is -2.62. The maximum atomic E-state index is 13.9. The van der Waals surface area contributed by atoms with Crippen molar-refractivity contribution in [2.45, 2.75) is 166 Å². The number of nitrogens with one attached hydrogen (secondary N) is 1. The van der Waals surface area contributed by atoms with Gasteiger partial charge in [-0.15, -0.1) is 11.8 Å². The zero-order chi connectivity index (χ0) is 42.7. The molecule has 0 aliphatic carbocycles. The molecule has 4 bridgehead atoms. The van der Waals surface area contributed by atoms with Crippen LogP contribution in [0.4, 0.5) is 0 Å². The number of unbranched alkanes of at least 4 members (excludes halogenated alkanes) is 12. The first-order valence-corrected chi connectivity index (χ1v) is 23.3. The second kappa shape index (κ2) is 19.5. The number of thioether (sulfide) groups is 1. The van der Waals surface area contributed by atoms with Crippen LogP contribution in [0.25, 0.3) is 0 Å². The van der Waals surface area contributed by atoms with Crippen LogP contribution in [-0.2, 0) is 25.5 Å². The van der Waals surface area contributed by atoms with Crippen molar-refractivity contribution in [1.82, 2.24) is 15.1 Å². The molecule has 0 radical (unpaired) electrons. The Morgan fingerprint density at radius 1 is 0.917 bits per heavy atom. The smallest absolute Gasteiger partial charge is 0.329 e. The van der Waals surface area contributed by atoms with Crippen molar-refractivity contribution in [3.63, 3.8) is 0 Å². The first kappa shape index (κ1) is 44.3. The van der Waals surface area contributed by atoms with Crippen molar-refractivity contribution in [2.75, 3.05) is 33.3 Å². The molecule has 1 amide bonds. The Bertz CT molecular complexity index is 1910. The van der Waals surface area contributed by atoms with E-state index in [4.69, 9.17) is 23.7 Å². The number of hydrogen-bond donors (Lipinski definition) is 3. The lowest BCUT2D eigenvalue weighted by Crippen LogP contribution is -2.69. The topological polar surface area (TPSA) is 156 Å². The number of esters is 2. The Morgan fingerprint density at radius 2 is 1.57 bits per heavy atom. The van der Waals surface area contributed by atoms with Gasteiger partial charge in [-0.05, 0) is 44.9 Å². The second-order valence-corrected chi connectivity index (χ2v) is 18.5. The standard InChI is InChI=1S/C46H65N3O10S/c1-7-8-9-10-11-12-13-14-15-16-17-18-19-20-33(51)47-30-24-60-44-36-35(43-42(57-25-58-43)27(3)41(36)59-28(4)50)32(23-56-46(30)54)49-38(44)37-34-29(22-31(45(49)53)48(37)5)21-26(2)40(55-6)39(34)52/h21,30-32,37-38,44-45,52-53H,7-20,22-25H2,1-6H3,(H,47,51)/t30-,31-,32-,37+,38?,44+,45-/m0/s1. The number of piperazine rings is 1. The number of carbonyl (C=O) groups is 3. The summed E-state index contributed by atoms with van der Waals surface area (Å²) in [6.45, 7) is 7.09. The molecule has 2 saturated heterocycles. The molecule has 6 aliphatic heterocycles. The van der Waals surface area contributed by atoms with Crippen LogP contribution >= 0.6 is 11.8 Å². The minimum Gasteiger partial charge on any atom is -0.504 e. The van der Waals surface area contributed by atoms with E-state index in [1.807, 2.05) is 31.9 Å². The summed E-state index contributed by atoms with van der Waals surface area (Å²) in [5.41, 5.74) is 4.32. The van der Waals surface area contributed by atoms with Crippen LogP contribution in [0.15, 0.2) is 6.07 Å². The van der Waals surface area contributed by atoms with Crippen molar-refractivity contribution in [3.05, 3.63) is 39.4 Å². The number of ether oxygens (including phenoxy) is 5. The molecule has 13 nitrogen and oxygen atoms in total. The summed E-state index contributed by atoms with van der Waals surface area (Å²) in [7, 11) is 3.50. The number of fused-ring (bicyclic) bond motifs is 10. The fourth-order valence-corrected chi connectivity index (χ4v) is 12.0. The predicted molar refractivity (Wildman–Crippen MR) is 229 cm³/mol. The van der Waals surface area contributed by atoms with Gasteiger partial charge in [0.2, 0.25) is 12.7 Å². The number of aromatic hydroxyl groups is 1. The van der Waals surface area contributed by atoms with Gasteiger partial charge in [-0.1, -0.05) is 90.0 Å². The van der Waals surface area contributed by atoms with Crippen LogP contribution in [-0.4, -0.2) is 95.5 Å². The zero-order valence-corrected chi connectivity index (χ0v) is 37.1. The van der Waals surface area contributed by atoms with Gasteiger partial charge in [0.05, 0.1) is 30.5 Å². The lowest BCUT2D eigenvalue weighted by molar-refractivity contribution is -0.184. The number of phenolic OH excluding ortho intramolecular Hbond substituents is 1. The van der Waals surface area contributed by atoms with Crippen LogP contribution in [0.2, 0.25) is 0 Å². The minimum absolute atomic E-state index is 0.0455. The number of hydrogen-bond acceptors (Lipinski definition) is 13. The van der Waals surface area contributed by atoms with Gasteiger partial charge >= 0.3 is 11.9 Å². The number of aliphatic hydroxyl groups is 1. The highest BCUT2D eigenvalue weighted by Crippen LogP contribution is 2.64. The number of benzene rings is 2. The molecular weight excluding hydrogens is 787 g/mol. The maximum absolute atomic E-state index is 13.9. The van der Waals surface area contributed by atoms with Crippen LogP contribution in [0.3, 0.4) is 0 Å². The molecule has 3 N–H and O–H groups in total. The molecule has 2 aromatic carbocycles. The van der Waals surface area contributed by atoms with Crippen molar-refractivity contribution in [1.29, 1.82) is 0 Å². The molecule has 0 spiro atoms. The number of nitrogens with zero attached hydrogens (tertiary/aromatic N) is 2. The van der Waals surface area contributed by atoms with Crippen molar-refractivity contribution in [2.24, 2.45) is 0 Å². The molecule has 330 valence electrons. The van der Waals surface area contributed by atoms with Crippen molar-refractivity contribution < 1.29 is 48.3 Å². The summed E-state index contributed by atoms with van der Waals surface area (Å²) in [6, 6.07) is -1.07. The van der Waals surface area contributed by atoms with Gasteiger partial charge in [0.1, 0.15) is 24.6 Å². The molecule has 7 atom stereocenters. The number of amides is 1. The van der Waals surface area contributed by atoms with E-state index in [1.54, 1.807) is 0 Å². The molecule has 1 unspecified atom stereocenters. The molecule has 6 heterocycles. The molecule has 2 aromatic rings. The van der Waals surface area contributed by atoms with Crippen LogP contribution in [0.5, 0.6) is 28.7 Å². The lowest BCUT2D eigenvalue weighted by atomic mass is 9.73. The summed E-state index contributed by atoms with van der Waals surface area (Å²) in [6.07, 6.45) is 15.5. The molecular formula is C46H65N3O10S. The average Bonchev–Trinajstić information content (AvgIpc) is 3.71. The van der Waals surface area contributed by atoms with Gasteiger partial charge in [0.25, 0.3) is 0 Å². The van der Waals surface area contributed by atoms with Crippen molar-refractivity contribution in [3.8, 4) is 28.7 Å². The van der Waals surface area contributed by atoms with Gasteiger partial charge in [0, 0.05) is 47.4 Å². The second-order valence-electron chi connectivity index (χ2n) is 17.3. The molecule has 8 rings (SSSR count). The normalized spacial score (nSPS) is 25.5. The Balaban J connectivity index is 1.14. The van der Waals surface area contributed by atoms with Crippen LogP contribution in [0, 0.1) is 13.8 Å². The fourth-order valence-electron chi connectivity index (χ4n) is 10.4. The largest absolute Gasteiger partial charge is 0.504 e. The summed E-state index contributed by atoms with van der Waals surface area (Å²) < 4.78 is 30.0. The Kier molecular flexibility index (Phi) is 14.4. The third kappa shape index (κ3) is 8.67. The summed E-state index contributed by atoms with van der Waals surface area (Å²) in [5, 5.41) is 26.9. The monoisotopic (exact) mass is 851 g/mol. The van der Waals surface area contributed by atoms with Crippen LogP contribution in [0.1, 0.15) is 154 Å². The first-order chi connectivity index (χ1) is 29.0. The third-order valence-electron chi connectivity index (χ3n) is 13.3. The van der Waals surface area contributed by atoms with E-state index < -0.39 is 47.6 Å². The fraction of sp³-hybridized carbons (Fsp3) is 0.674. The van der Waals surface area contributed by atoms with Crippen LogP contribution < -0.4 is 24.3 Å². The Hall–Kier alpha value is -3.72. The van der Waals surface area contributed by atoms with Gasteiger partial charge < -0.3 is 39.2 Å². The van der Waals surface area contributed by atoms with E-state index in [0.717, 1.165) is 30.4 Å². The number of aryl methyl sites for hydroxylation is 1. The summed E-state index contributed by atoms with van der Waals surface area (Å²) in [5.74, 6) is 0.533. The maximum Gasteiger partial charge on any atom is 0.329 e. The van der Waals surface area contributed by atoms with E-state index in [0.29, 0.717) is 58.1 Å². The molecule has 2 fully saturated rings. The highest BCUT2D eigenvalue weighted by atomic mass is 32.2. The zero-order valence-electron chi connectivity index (χ0n) is 36.3. The SMILES string of the molecule is CCCCCCCCCCCCCCCC(=O)N[C@H]1CS[C@@H]2c3c(OC(C)=O)c(C)c4c(c3[C@H](COC1=O)N1C2[C@H]2c3c(cc(C)c(OC)c3O)C[C@@H]([C@@H]1O)N2C)OCO4. The van der Waals surface area contributed by atoms with Gasteiger partial charge in [-0.2, -0.15) is 0 Å². The summed E-state index contributed by atoms with van der Waals surface area (Å²) in [4.78, 5) is 44.3. The average molecular weight is 852 g/mol. The van der Waals surface area contributed by atoms with E-state index in [-0.39, 0.29) is 36.9 Å². The molecule has 0 saturated carbocycles. The molecule has 0 aromatic heterocycles. The van der Waals surface area contributed by atoms with Crippen molar-refractivity contribution >= 4 is 29.6 Å². The first-order valence-electron chi connectivity index (χ1n) is 22.3. The minimum atomic E-state index is -1.03. The number of methoxy groups -OCH3 is 1. The highest BCUT2D eigenvalue weighted by Gasteiger charge is 2.60. The van der Waals surface area contributed by atoms with E-state index in [2.05, 4.69) is 17.1 Å². The Labute approximate surface area is 359 Å². The van der Waals surface area contributed by atoms with E-state index >= 15 is 0 Å². The number of carbonyl (C=O) groups excluding carboxylic acids is 3. The highest BCUT2D eigenvalue weighted by molar-refractivity contribution is 7.99. The molecule has 14 heteroatoms. The predicted octanol–water partition coefficient (Wildman–Crippen LogP) is 7.62.